The van der Waals surface area contributed by atoms with Gasteiger partial charge in [0, 0.05) is 6.07 Å². The fraction of sp³-hybridized carbons (Fsp3) is 0.0714. The summed E-state index contributed by atoms with van der Waals surface area (Å²) < 4.78 is 52.8. The molecule has 0 bridgehead atoms. The van der Waals surface area contributed by atoms with Crippen molar-refractivity contribution in [2.24, 2.45) is 0 Å². The maximum atomic E-state index is 13.5. The van der Waals surface area contributed by atoms with Gasteiger partial charge in [-0.1, -0.05) is 12.1 Å². The van der Waals surface area contributed by atoms with Gasteiger partial charge in [-0.2, -0.15) is 0 Å². The van der Waals surface area contributed by atoms with Crippen LogP contribution in [0.3, 0.4) is 0 Å². The van der Waals surface area contributed by atoms with Gasteiger partial charge in [0.15, 0.2) is 0 Å². The Balaban J connectivity index is 2.46. The number of carbonyl (C=O) groups is 1. The molecule has 116 valence electrons. The second-order valence-electron chi connectivity index (χ2n) is 4.50. The highest BCUT2D eigenvalue weighted by atomic mass is 32.2. The number of carboxylic acids is 1. The lowest BCUT2D eigenvalue weighted by Crippen LogP contribution is -2.23. The summed E-state index contributed by atoms with van der Waals surface area (Å²) in [5.41, 5.74) is -0.509. The number of rotatable bonds is 4. The summed E-state index contributed by atoms with van der Waals surface area (Å²) in [6, 6.07) is 5.76. The molecular formula is C14H10F2NO4S-. The quantitative estimate of drug-likeness (QED) is 0.921. The van der Waals surface area contributed by atoms with Crippen LogP contribution >= 0.6 is 0 Å². The van der Waals surface area contributed by atoms with E-state index in [9.17, 15) is 27.1 Å². The maximum Gasteiger partial charge on any atom is 0.262 e. The van der Waals surface area contributed by atoms with E-state index in [2.05, 4.69) is 0 Å². The molecule has 0 radical (unpaired) electrons. The number of carbonyl (C=O) groups excluding carboxylic acids is 1. The van der Waals surface area contributed by atoms with Crippen molar-refractivity contribution in [2.75, 3.05) is 4.72 Å². The van der Waals surface area contributed by atoms with E-state index in [0.717, 1.165) is 18.2 Å². The fourth-order valence-electron chi connectivity index (χ4n) is 1.79. The Kier molecular flexibility index (Phi) is 4.14. The maximum absolute atomic E-state index is 13.5. The van der Waals surface area contributed by atoms with Crippen LogP contribution in [0.1, 0.15) is 15.9 Å². The van der Waals surface area contributed by atoms with Crippen LogP contribution in [0.25, 0.3) is 0 Å². The molecule has 0 amide bonds. The zero-order valence-electron chi connectivity index (χ0n) is 11.3. The monoisotopic (exact) mass is 326 g/mol. The van der Waals surface area contributed by atoms with Crippen molar-refractivity contribution in [2.45, 2.75) is 11.8 Å². The van der Waals surface area contributed by atoms with Gasteiger partial charge in [-0.15, -0.1) is 0 Å². The van der Waals surface area contributed by atoms with E-state index in [-0.39, 0.29) is 16.0 Å². The Bertz CT molecular complexity index is 850. The fourth-order valence-corrected chi connectivity index (χ4v) is 3.13. The summed E-state index contributed by atoms with van der Waals surface area (Å²) in [4.78, 5) is 10.5. The SMILES string of the molecule is Cc1ccc(C(=O)[O-])cc1S(=O)(=O)Nc1ccc(F)cc1F. The topological polar surface area (TPSA) is 86.3 Å². The van der Waals surface area contributed by atoms with Crippen LogP contribution in [0.15, 0.2) is 41.3 Å². The molecule has 2 aromatic rings. The van der Waals surface area contributed by atoms with E-state index in [0.29, 0.717) is 6.07 Å². The number of hydrogen-bond acceptors (Lipinski definition) is 4. The zero-order chi connectivity index (χ0) is 16.5. The molecule has 1 N–H and O–H groups in total. The highest BCUT2D eigenvalue weighted by Gasteiger charge is 2.19. The highest BCUT2D eigenvalue weighted by Crippen LogP contribution is 2.23. The Morgan fingerprint density at radius 2 is 1.82 bits per heavy atom. The predicted molar refractivity (Wildman–Crippen MR) is 72.7 cm³/mol. The second-order valence-corrected chi connectivity index (χ2v) is 6.15. The third-order valence-corrected chi connectivity index (χ3v) is 4.40. The number of aryl methyl sites for hydroxylation is 1. The Morgan fingerprint density at radius 3 is 2.41 bits per heavy atom. The van der Waals surface area contributed by atoms with Gasteiger partial charge in [0.1, 0.15) is 11.6 Å². The largest absolute Gasteiger partial charge is 0.545 e. The van der Waals surface area contributed by atoms with E-state index < -0.39 is 33.3 Å². The number of benzene rings is 2. The average Bonchev–Trinajstić information content (AvgIpc) is 2.42. The first-order valence-electron chi connectivity index (χ1n) is 6.00. The minimum Gasteiger partial charge on any atom is -0.545 e. The van der Waals surface area contributed by atoms with Crippen molar-refractivity contribution in [3.05, 3.63) is 59.2 Å². The number of carboxylic acid groups (broad SMARTS) is 1. The lowest BCUT2D eigenvalue weighted by atomic mass is 10.1. The summed E-state index contributed by atoms with van der Waals surface area (Å²) in [6.45, 7) is 1.45. The van der Waals surface area contributed by atoms with Crippen molar-refractivity contribution in [1.29, 1.82) is 0 Å². The standard InChI is InChI=1S/C14H11F2NO4S/c1-8-2-3-9(14(18)19)6-13(8)22(20,21)17-12-5-4-10(15)7-11(12)16/h2-7,17H,1H3,(H,18,19)/p-1. The molecule has 0 unspecified atom stereocenters. The smallest absolute Gasteiger partial charge is 0.262 e. The minimum atomic E-state index is -4.24. The molecule has 0 heterocycles. The highest BCUT2D eigenvalue weighted by molar-refractivity contribution is 7.92. The molecule has 0 saturated carbocycles. The van der Waals surface area contributed by atoms with Crippen molar-refractivity contribution in [1.82, 2.24) is 0 Å². The van der Waals surface area contributed by atoms with Crippen LogP contribution in [-0.4, -0.2) is 14.4 Å². The van der Waals surface area contributed by atoms with Crippen LogP contribution in [0.4, 0.5) is 14.5 Å². The van der Waals surface area contributed by atoms with Crippen LogP contribution in [0.5, 0.6) is 0 Å². The summed E-state index contributed by atoms with van der Waals surface area (Å²) in [5, 5.41) is 10.8. The van der Waals surface area contributed by atoms with E-state index >= 15 is 0 Å². The minimum absolute atomic E-state index is 0.264. The molecule has 2 rings (SSSR count). The van der Waals surface area contributed by atoms with Crippen molar-refractivity contribution in [3.8, 4) is 0 Å². The molecule has 0 aliphatic carbocycles. The molecule has 8 heteroatoms. The molecule has 0 saturated heterocycles. The summed E-state index contributed by atoms with van der Waals surface area (Å²) in [5.74, 6) is -3.47. The molecule has 5 nitrogen and oxygen atoms in total. The third kappa shape index (κ3) is 3.22. The molecule has 22 heavy (non-hydrogen) atoms. The summed E-state index contributed by atoms with van der Waals surface area (Å²) in [6.07, 6.45) is 0. The average molecular weight is 326 g/mol. The molecular weight excluding hydrogens is 316 g/mol. The Morgan fingerprint density at radius 1 is 1.14 bits per heavy atom. The number of aromatic carboxylic acids is 1. The van der Waals surface area contributed by atoms with E-state index in [1.165, 1.54) is 19.1 Å². The number of hydrogen-bond donors (Lipinski definition) is 1. The molecule has 0 aliphatic heterocycles. The number of nitrogens with one attached hydrogen (secondary N) is 1. The lowest BCUT2D eigenvalue weighted by Gasteiger charge is -2.13. The van der Waals surface area contributed by atoms with Crippen LogP contribution in [-0.2, 0) is 10.0 Å². The van der Waals surface area contributed by atoms with Gasteiger partial charge in [0.2, 0.25) is 0 Å². The third-order valence-electron chi connectivity index (χ3n) is 2.89. The lowest BCUT2D eigenvalue weighted by molar-refractivity contribution is -0.255. The first-order valence-corrected chi connectivity index (χ1v) is 7.49. The molecule has 0 atom stereocenters. The molecule has 0 fully saturated rings. The van der Waals surface area contributed by atoms with Gasteiger partial charge in [-0.3, -0.25) is 4.72 Å². The summed E-state index contributed by atoms with van der Waals surface area (Å²) >= 11 is 0. The van der Waals surface area contributed by atoms with Gasteiger partial charge in [0.05, 0.1) is 16.6 Å². The number of anilines is 1. The Labute approximate surface area is 125 Å². The van der Waals surface area contributed by atoms with Crippen LogP contribution in [0, 0.1) is 18.6 Å². The summed E-state index contributed by atoms with van der Waals surface area (Å²) in [7, 11) is -4.24. The van der Waals surface area contributed by atoms with Crippen LogP contribution < -0.4 is 9.83 Å². The first kappa shape index (κ1) is 15.9. The van der Waals surface area contributed by atoms with E-state index in [1.807, 2.05) is 4.72 Å². The van der Waals surface area contributed by atoms with Gasteiger partial charge >= 0.3 is 0 Å². The molecule has 2 aromatic carbocycles. The first-order chi connectivity index (χ1) is 10.2. The van der Waals surface area contributed by atoms with E-state index in [4.69, 9.17) is 0 Å². The normalized spacial score (nSPS) is 11.2. The molecule has 0 aliphatic rings. The Hall–Kier alpha value is -2.48. The predicted octanol–water partition coefficient (Wildman–Crippen LogP) is 1.44. The number of sulfonamides is 1. The molecule has 0 aromatic heterocycles. The van der Waals surface area contributed by atoms with Gasteiger partial charge in [0.25, 0.3) is 10.0 Å². The van der Waals surface area contributed by atoms with Gasteiger partial charge in [-0.25, -0.2) is 17.2 Å². The van der Waals surface area contributed by atoms with Crippen molar-refractivity contribution >= 4 is 21.7 Å². The number of halogens is 2. The van der Waals surface area contributed by atoms with Crippen molar-refractivity contribution < 1.29 is 27.1 Å². The van der Waals surface area contributed by atoms with Crippen molar-refractivity contribution in [3.63, 3.8) is 0 Å². The van der Waals surface area contributed by atoms with Gasteiger partial charge < -0.3 is 9.90 Å². The van der Waals surface area contributed by atoms with Gasteiger partial charge in [-0.05, 0) is 36.2 Å². The van der Waals surface area contributed by atoms with Crippen LogP contribution in [0.2, 0.25) is 0 Å². The zero-order valence-corrected chi connectivity index (χ0v) is 12.1. The molecule has 0 spiro atoms. The van der Waals surface area contributed by atoms with E-state index in [1.54, 1.807) is 0 Å². The second kappa shape index (κ2) is 5.72.